The fourth-order valence-electron chi connectivity index (χ4n) is 1.83. The van der Waals surface area contributed by atoms with Gasteiger partial charge in [-0.1, -0.05) is 0 Å². The highest BCUT2D eigenvalue weighted by molar-refractivity contribution is 7.80. The van der Waals surface area contributed by atoms with E-state index in [1.165, 1.54) is 0 Å². The van der Waals surface area contributed by atoms with Crippen LogP contribution in [0.4, 0.5) is 0 Å². The third-order valence-corrected chi connectivity index (χ3v) is 3.01. The summed E-state index contributed by atoms with van der Waals surface area (Å²) in [6, 6.07) is 3.93. The SMILES string of the molecule is COc1cc(C)c(/C=C2\NC(=S)NC2=O)cc1C. The van der Waals surface area contributed by atoms with Gasteiger partial charge in [0.25, 0.3) is 5.91 Å². The average Bonchev–Trinajstić information content (AvgIpc) is 2.62. The van der Waals surface area contributed by atoms with Gasteiger partial charge in [0.1, 0.15) is 11.4 Å². The zero-order chi connectivity index (χ0) is 13.3. The van der Waals surface area contributed by atoms with Crippen molar-refractivity contribution in [1.82, 2.24) is 10.6 Å². The molecule has 0 spiro atoms. The predicted octanol–water partition coefficient (Wildman–Crippen LogP) is 1.66. The van der Waals surface area contributed by atoms with Crippen molar-refractivity contribution in [1.29, 1.82) is 0 Å². The molecule has 18 heavy (non-hydrogen) atoms. The maximum absolute atomic E-state index is 11.6. The highest BCUT2D eigenvalue weighted by atomic mass is 32.1. The molecule has 0 atom stereocenters. The van der Waals surface area contributed by atoms with E-state index < -0.39 is 0 Å². The Morgan fingerprint density at radius 2 is 1.94 bits per heavy atom. The van der Waals surface area contributed by atoms with Gasteiger partial charge in [0.05, 0.1) is 7.11 Å². The first-order chi connectivity index (χ1) is 8.51. The first kappa shape index (κ1) is 12.6. The van der Waals surface area contributed by atoms with Crippen LogP contribution in [-0.4, -0.2) is 18.1 Å². The van der Waals surface area contributed by atoms with Crippen LogP contribution in [0.25, 0.3) is 6.08 Å². The maximum Gasteiger partial charge on any atom is 0.273 e. The molecule has 2 rings (SSSR count). The maximum atomic E-state index is 11.6. The minimum atomic E-state index is -0.201. The normalized spacial score (nSPS) is 16.7. The van der Waals surface area contributed by atoms with Gasteiger partial charge in [-0.15, -0.1) is 0 Å². The number of hydrogen-bond donors (Lipinski definition) is 2. The van der Waals surface area contributed by atoms with E-state index in [0.717, 1.165) is 22.4 Å². The van der Waals surface area contributed by atoms with Gasteiger partial charge in [-0.3, -0.25) is 10.1 Å². The molecule has 0 unspecified atom stereocenters. The lowest BCUT2D eigenvalue weighted by Crippen LogP contribution is -2.21. The summed E-state index contributed by atoms with van der Waals surface area (Å²) >= 11 is 4.88. The molecule has 1 saturated heterocycles. The smallest absolute Gasteiger partial charge is 0.273 e. The summed E-state index contributed by atoms with van der Waals surface area (Å²) in [5.41, 5.74) is 3.50. The Morgan fingerprint density at radius 3 is 2.50 bits per heavy atom. The van der Waals surface area contributed by atoms with E-state index in [2.05, 4.69) is 10.6 Å². The minimum absolute atomic E-state index is 0.201. The Kier molecular flexibility index (Phi) is 3.34. The van der Waals surface area contributed by atoms with Crippen LogP contribution < -0.4 is 15.4 Å². The van der Waals surface area contributed by atoms with Crippen LogP contribution in [0, 0.1) is 13.8 Å². The summed E-state index contributed by atoms with van der Waals surface area (Å²) in [7, 11) is 1.64. The second-order valence-electron chi connectivity index (χ2n) is 4.14. The fourth-order valence-corrected chi connectivity index (χ4v) is 2.03. The molecule has 1 aromatic rings. The summed E-state index contributed by atoms with van der Waals surface area (Å²) < 4.78 is 5.25. The molecule has 0 radical (unpaired) electrons. The Morgan fingerprint density at radius 1 is 1.22 bits per heavy atom. The van der Waals surface area contributed by atoms with E-state index in [4.69, 9.17) is 17.0 Å². The monoisotopic (exact) mass is 262 g/mol. The highest BCUT2D eigenvalue weighted by Gasteiger charge is 2.20. The summed E-state index contributed by atoms with van der Waals surface area (Å²) in [5.74, 6) is 0.641. The first-order valence-electron chi connectivity index (χ1n) is 5.50. The van der Waals surface area contributed by atoms with E-state index in [0.29, 0.717) is 10.8 Å². The lowest BCUT2D eigenvalue weighted by molar-refractivity contribution is -0.115. The number of ether oxygens (including phenoxy) is 1. The quantitative estimate of drug-likeness (QED) is 0.628. The summed E-state index contributed by atoms with van der Waals surface area (Å²) in [6.07, 6.45) is 1.79. The second kappa shape index (κ2) is 4.78. The van der Waals surface area contributed by atoms with E-state index in [1.54, 1.807) is 13.2 Å². The van der Waals surface area contributed by atoms with Gasteiger partial charge >= 0.3 is 0 Å². The van der Waals surface area contributed by atoms with Crippen molar-refractivity contribution in [3.63, 3.8) is 0 Å². The Labute approximate surface area is 111 Å². The zero-order valence-corrected chi connectivity index (χ0v) is 11.3. The number of hydrogen-bond acceptors (Lipinski definition) is 3. The van der Waals surface area contributed by atoms with Crippen molar-refractivity contribution in [3.05, 3.63) is 34.5 Å². The van der Waals surface area contributed by atoms with E-state index >= 15 is 0 Å². The van der Waals surface area contributed by atoms with Gasteiger partial charge in [-0.25, -0.2) is 0 Å². The molecule has 0 saturated carbocycles. The number of nitrogens with one attached hydrogen (secondary N) is 2. The van der Waals surface area contributed by atoms with Crippen LogP contribution in [0.3, 0.4) is 0 Å². The minimum Gasteiger partial charge on any atom is -0.496 e. The van der Waals surface area contributed by atoms with Crippen molar-refractivity contribution in [3.8, 4) is 5.75 Å². The van der Waals surface area contributed by atoms with Gasteiger partial charge < -0.3 is 10.1 Å². The molecule has 0 aliphatic carbocycles. The topological polar surface area (TPSA) is 50.4 Å². The number of thiocarbonyl (C=S) groups is 1. The lowest BCUT2D eigenvalue weighted by atomic mass is 10.0. The molecule has 1 fully saturated rings. The summed E-state index contributed by atoms with van der Waals surface area (Å²) in [4.78, 5) is 11.6. The summed E-state index contributed by atoms with van der Waals surface area (Å²) in [5, 5.41) is 5.70. The lowest BCUT2D eigenvalue weighted by Gasteiger charge is -2.09. The predicted molar refractivity (Wildman–Crippen MR) is 74.3 cm³/mol. The molecule has 1 amide bonds. The largest absolute Gasteiger partial charge is 0.496 e. The number of rotatable bonds is 2. The second-order valence-corrected chi connectivity index (χ2v) is 4.55. The fraction of sp³-hybridized carbons (Fsp3) is 0.231. The molecule has 4 nitrogen and oxygen atoms in total. The van der Waals surface area contributed by atoms with Crippen LogP contribution in [-0.2, 0) is 4.79 Å². The standard InChI is InChI=1S/C13H14N2O2S/c1-7-5-11(17-3)8(2)4-9(7)6-10-12(16)15-13(18)14-10/h4-6H,1-3H3,(H2,14,15,16,18)/b10-6-. The molecular weight excluding hydrogens is 248 g/mol. The van der Waals surface area contributed by atoms with Crippen molar-refractivity contribution in [2.45, 2.75) is 13.8 Å². The van der Waals surface area contributed by atoms with E-state index in [9.17, 15) is 4.79 Å². The number of amides is 1. The van der Waals surface area contributed by atoms with Crippen molar-refractivity contribution in [2.24, 2.45) is 0 Å². The molecule has 0 aromatic heterocycles. The molecule has 2 N–H and O–H groups in total. The Bertz CT molecular complexity index is 564. The Balaban J connectivity index is 2.41. The molecular formula is C13H14N2O2S. The van der Waals surface area contributed by atoms with E-state index in [1.807, 2.05) is 26.0 Å². The van der Waals surface area contributed by atoms with Gasteiger partial charge in [-0.05, 0) is 61.0 Å². The zero-order valence-electron chi connectivity index (χ0n) is 10.5. The third kappa shape index (κ3) is 2.36. The first-order valence-corrected chi connectivity index (χ1v) is 5.91. The molecule has 1 aromatic carbocycles. The van der Waals surface area contributed by atoms with Gasteiger partial charge in [0.15, 0.2) is 5.11 Å². The number of aryl methyl sites for hydroxylation is 2. The highest BCUT2D eigenvalue weighted by Crippen LogP contribution is 2.24. The molecule has 1 aliphatic rings. The van der Waals surface area contributed by atoms with Crippen molar-refractivity contribution >= 4 is 29.3 Å². The van der Waals surface area contributed by atoms with Gasteiger partial charge in [0.2, 0.25) is 0 Å². The summed E-state index contributed by atoms with van der Waals surface area (Å²) in [6.45, 7) is 3.94. The molecule has 94 valence electrons. The van der Waals surface area contributed by atoms with Crippen LogP contribution >= 0.6 is 12.2 Å². The average molecular weight is 262 g/mol. The van der Waals surface area contributed by atoms with E-state index in [-0.39, 0.29) is 5.91 Å². The molecule has 5 heteroatoms. The number of carbonyl (C=O) groups is 1. The van der Waals surface area contributed by atoms with Crippen LogP contribution in [0.5, 0.6) is 5.75 Å². The molecule has 0 bridgehead atoms. The number of carbonyl (C=O) groups excluding carboxylic acids is 1. The van der Waals surface area contributed by atoms with Crippen LogP contribution in [0.15, 0.2) is 17.8 Å². The Hall–Kier alpha value is -1.88. The van der Waals surface area contributed by atoms with Crippen LogP contribution in [0.2, 0.25) is 0 Å². The van der Waals surface area contributed by atoms with Crippen LogP contribution in [0.1, 0.15) is 16.7 Å². The number of methoxy groups -OCH3 is 1. The van der Waals surface area contributed by atoms with Gasteiger partial charge in [-0.2, -0.15) is 0 Å². The van der Waals surface area contributed by atoms with Crippen molar-refractivity contribution in [2.75, 3.05) is 7.11 Å². The van der Waals surface area contributed by atoms with Crippen molar-refractivity contribution < 1.29 is 9.53 Å². The third-order valence-electron chi connectivity index (χ3n) is 2.80. The molecule has 1 heterocycles. The molecule has 1 aliphatic heterocycles. The van der Waals surface area contributed by atoms with Gasteiger partial charge in [0, 0.05) is 0 Å². The number of benzene rings is 1.